The zero-order valence-electron chi connectivity index (χ0n) is 10.5. The van der Waals surface area contributed by atoms with Crippen molar-refractivity contribution in [2.75, 3.05) is 0 Å². The number of nitrogens with zero attached hydrogens (tertiary/aromatic N) is 2. The molecule has 0 amide bonds. The number of rotatable bonds is 3. The van der Waals surface area contributed by atoms with E-state index in [1.165, 1.54) is 29.1 Å². The van der Waals surface area contributed by atoms with Crippen molar-refractivity contribution in [2.45, 2.75) is 25.7 Å². The lowest BCUT2D eigenvalue weighted by Crippen LogP contribution is -2.15. The second kappa shape index (κ2) is 5.57. The first-order chi connectivity index (χ1) is 9.36. The average molecular weight is 349 g/mol. The Morgan fingerprint density at radius 1 is 1.35 bits per heavy atom. The Morgan fingerprint density at radius 2 is 2.00 bits per heavy atom. The van der Waals surface area contributed by atoms with E-state index in [0.717, 1.165) is 6.07 Å². The lowest BCUT2D eigenvalue weighted by atomic mass is 10.00. The summed E-state index contributed by atoms with van der Waals surface area (Å²) in [6, 6.07) is 4.99. The molecule has 3 nitrogen and oxygen atoms in total. The number of benzene rings is 1. The summed E-state index contributed by atoms with van der Waals surface area (Å²) in [4.78, 5) is 0. The normalized spacial score (nSPS) is 13.5. The van der Waals surface area contributed by atoms with E-state index in [1.54, 1.807) is 6.92 Å². The van der Waals surface area contributed by atoms with Gasteiger partial charge < -0.3 is 5.11 Å². The van der Waals surface area contributed by atoms with Gasteiger partial charge in [0.1, 0.15) is 6.10 Å². The van der Waals surface area contributed by atoms with Crippen LogP contribution in [0, 0.1) is 0 Å². The highest BCUT2D eigenvalue weighted by atomic mass is 79.9. The van der Waals surface area contributed by atoms with Crippen LogP contribution in [0.3, 0.4) is 0 Å². The highest BCUT2D eigenvalue weighted by Gasteiger charge is 2.35. The van der Waals surface area contributed by atoms with E-state index in [1.807, 2.05) is 0 Å². The van der Waals surface area contributed by atoms with Crippen molar-refractivity contribution in [2.24, 2.45) is 0 Å². The van der Waals surface area contributed by atoms with Gasteiger partial charge in [-0.25, -0.2) is 0 Å². The quantitative estimate of drug-likeness (QED) is 0.916. The molecule has 2 rings (SSSR count). The van der Waals surface area contributed by atoms with E-state index in [0.29, 0.717) is 16.7 Å². The zero-order chi connectivity index (χ0) is 14.9. The van der Waals surface area contributed by atoms with Crippen LogP contribution in [0.4, 0.5) is 13.2 Å². The number of halogens is 4. The van der Waals surface area contributed by atoms with Gasteiger partial charge in [0.15, 0.2) is 0 Å². The molecule has 0 radical (unpaired) electrons. The molecule has 1 aromatic carbocycles. The van der Waals surface area contributed by atoms with Crippen LogP contribution >= 0.6 is 15.9 Å². The Kier molecular flexibility index (Phi) is 4.19. The van der Waals surface area contributed by atoms with Gasteiger partial charge in [-0.3, -0.25) is 4.68 Å². The molecular formula is C13H12BrF3N2O. The number of aromatic nitrogens is 2. The first kappa shape index (κ1) is 15.1. The summed E-state index contributed by atoms with van der Waals surface area (Å²) in [5, 5.41) is 14.3. The van der Waals surface area contributed by atoms with Crippen molar-refractivity contribution < 1.29 is 18.3 Å². The van der Waals surface area contributed by atoms with Crippen molar-refractivity contribution in [3.8, 4) is 0 Å². The predicted molar refractivity (Wildman–Crippen MR) is 71.1 cm³/mol. The summed E-state index contributed by atoms with van der Waals surface area (Å²) in [5.74, 6) is 0. The van der Waals surface area contributed by atoms with Crippen molar-refractivity contribution in [3.63, 3.8) is 0 Å². The molecule has 0 aliphatic carbocycles. The minimum Gasteiger partial charge on any atom is -0.382 e. The van der Waals surface area contributed by atoms with Crippen molar-refractivity contribution in [1.82, 2.24) is 9.78 Å². The van der Waals surface area contributed by atoms with Gasteiger partial charge in [0.2, 0.25) is 0 Å². The number of aryl methyl sites for hydroxylation is 1. The Morgan fingerprint density at radius 3 is 2.60 bits per heavy atom. The third-order valence-corrected chi connectivity index (χ3v) is 3.56. The van der Waals surface area contributed by atoms with E-state index in [-0.39, 0.29) is 5.56 Å². The number of alkyl halides is 3. The molecule has 0 fully saturated rings. The molecule has 1 aromatic heterocycles. The fourth-order valence-electron chi connectivity index (χ4n) is 2.04. The number of aliphatic hydroxyl groups excluding tert-OH is 1. The first-order valence-corrected chi connectivity index (χ1v) is 6.71. The molecule has 0 aliphatic rings. The predicted octanol–water partition coefficient (Wildman–Crippen LogP) is 3.77. The third-order valence-electron chi connectivity index (χ3n) is 2.95. The van der Waals surface area contributed by atoms with Crippen LogP contribution in [0.15, 0.2) is 34.9 Å². The smallest absolute Gasteiger partial charge is 0.382 e. The maximum absolute atomic E-state index is 13.0. The molecule has 7 heteroatoms. The molecule has 0 aliphatic heterocycles. The van der Waals surface area contributed by atoms with Gasteiger partial charge in [-0.2, -0.15) is 18.3 Å². The second-order valence-electron chi connectivity index (χ2n) is 4.18. The summed E-state index contributed by atoms with van der Waals surface area (Å²) in [6.07, 6.45) is -4.45. The number of aliphatic hydroxyl groups is 1. The summed E-state index contributed by atoms with van der Waals surface area (Å²) in [5.41, 5.74) is -0.719. The fourth-order valence-corrected chi connectivity index (χ4v) is 2.55. The van der Waals surface area contributed by atoms with Gasteiger partial charge in [-0.15, -0.1) is 0 Å². The molecule has 1 heterocycles. The summed E-state index contributed by atoms with van der Waals surface area (Å²) >= 11 is 3.21. The molecule has 1 atom stereocenters. The molecule has 108 valence electrons. The van der Waals surface area contributed by atoms with Crippen LogP contribution in [0.2, 0.25) is 0 Å². The highest BCUT2D eigenvalue weighted by molar-refractivity contribution is 9.10. The van der Waals surface area contributed by atoms with E-state index < -0.39 is 17.8 Å². The summed E-state index contributed by atoms with van der Waals surface area (Å²) < 4.78 is 40.9. The molecular weight excluding hydrogens is 337 g/mol. The Hall–Kier alpha value is -1.34. The maximum Gasteiger partial charge on any atom is 0.416 e. The fraction of sp³-hybridized carbons (Fsp3) is 0.308. The number of hydrogen-bond acceptors (Lipinski definition) is 2. The van der Waals surface area contributed by atoms with Crippen LogP contribution < -0.4 is 0 Å². The monoisotopic (exact) mass is 348 g/mol. The van der Waals surface area contributed by atoms with Crippen molar-refractivity contribution >= 4 is 15.9 Å². The van der Waals surface area contributed by atoms with Gasteiger partial charge in [0.05, 0.1) is 21.9 Å². The summed E-state index contributed by atoms with van der Waals surface area (Å²) in [6.45, 7) is 2.25. The van der Waals surface area contributed by atoms with Crippen molar-refractivity contribution in [1.29, 1.82) is 0 Å². The van der Waals surface area contributed by atoms with E-state index in [9.17, 15) is 18.3 Å². The molecule has 2 aromatic rings. The van der Waals surface area contributed by atoms with E-state index in [2.05, 4.69) is 21.0 Å². The van der Waals surface area contributed by atoms with Crippen LogP contribution in [0.5, 0.6) is 0 Å². The molecule has 0 spiro atoms. The molecule has 0 saturated heterocycles. The highest BCUT2D eigenvalue weighted by Crippen LogP contribution is 2.37. The lowest BCUT2D eigenvalue weighted by molar-refractivity contribution is -0.139. The Balaban J connectivity index is 2.54. The molecule has 1 N–H and O–H groups in total. The van der Waals surface area contributed by atoms with Gasteiger partial charge in [0.25, 0.3) is 0 Å². The molecule has 0 bridgehead atoms. The molecule has 1 unspecified atom stereocenters. The average Bonchev–Trinajstić information content (AvgIpc) is 2.78. The Labute approximate surface area is 122 Å². The standard InChI is InChI=1S/C13H12BrF3N2O/c1-2-19-11(10(14)7-18-19)12(20)8-5-3-4-6-9(8)13(15,16)17/h3-7,12,20H,2H2,1H3. The molecule has 20 heavy (non-hydrogen) atoms. The van der Waals surface area contributed by atoms with Crippen LogP contribution in [-0.2, 0) is 12.7 Å². The van der Waals surface area contributed by atoms with Crippen LogP contribution in [-0.4, -0.2) is 14.9 Å². The number of hydrogen-bond donors (Lipinski definition) is 1. The van der Waals surface area contributed by atoms with Gasteiger partial charge in [-0.1, -0.05) is 18.2 Å². The second-order valence-corrected chi connectivity index (χ2v) is 5.04. The third kappa shape index (κ3) is 2.73. The first-order valence-electron chi connectivity index (χ1n) is 5.91. The topological polar surface area (TPSA) is 38.0 Å². The minimum absolute atomic E-state index is 0.184. The SMILES string of the molecule is CCn1ncc(Br)c1C(O)c1ccccc1C(F)(F)F. The zero-order valence-corrected chi connectivity index (χ0v) is 12.1. The van der Waals surface area contributed by atoms with Crippen LogP contribution in [0.25, 0.3) is 0 Å². The summed E-state index contributed by atoms with van der Waals surface area (Å²) in [7, 11) is 0. The van der Waals surface area contributed by atoms with Gasteiger partial charge >= 0.3 is 6.18 Å². The van der Waals surface area contributed by atoms with Crippen molar-refractivity contribution in [3.05, 3.63) is 51.8 Å². The maximum atomic E-state index is 13.0. The largest absolute Gasteiger partial charge is 0.416 e. The van der Waals surface area contributed by atoms with E-state index in [4.69, 9.17) is 0 Å². The Bertz CT molecular complexity index is 610. The minimum atomic E-state index is -4.51. The van der Waals surface area contributed by atoms with Crippen LogP contribution in [0.1, 0.15) is 29.8 Å². The van der Waals surface area contributed by atoms with E-state index >= 15 is 0 Å². The van der Waals surface area contributed by atoms with Gasteiger partial charge in [0, 0.05) is 6.54 Å². The van der Waals surface area contributed by atoms with Gasteiger partial charge in [-0.05, 0) is 34.5 Å². The lowest BCUT2D eigenvalue weighted by Gasteiger charge is -2.18. The molecule has 0 saturated carbocycles.